The molecule has 2 amide bonds. The number of piperazine rings is 1. The van der Waals surface area contributed by atoms with Gasteiger partial charge in [-0.15, -0.1) is 0 Å². The second-order valence-corrected chi connectivity index (χ2v) is 7.75. The molecule has 0 aromatic heterocycles. The van der Waals surface area contributed by atoms with Gasteiger partial charge in [0.05, 0.1) is 5.75 Å². The minimum absolute atomic E-state index is 0.0604. The van der Waals surface area contributed by atoms with Gasteiger partial charge in [-0.1, -0.05) is 6.92 Å². The summed E-state index contributed by atoms with van der Waals surface area (Å²) in [6, 6.07) is -1.04. The van der Waals surface area contributed by atoms with Gasteiger partial charge < -0.3 is 10.2 Å². The van der Waals surface area contributed by atoms with Crippen molar-refractivity contribution in [3.05, 3.63) is 0 Å². The van der Waals surface area contributed by atoms with Crippen molar-refractivity contribution in [3.63, 3.8) is 0 Å². The van der Waals surface area contributed by atoms with Crippen molar-refractivity contribution >= 4 is 21.7 Å². The van der Waals surface area contributed by atoms with Crippen LogP contribution in [0.2, 0.25) is 0 Å². The maximum atomic E-state index is 12.1. The highest BCUT2D eigenvalue weighted by atomic mass is 32.2. The first kappa shape index (κ1) is 14.3. The molecule has 2 atom stereocenters. The van der Waals surface area contributed by atoms with Crippen LogP contribution in [0, 0.1) is 5.92 Å². The number of rotatable bonds is 5. The zero-order valence-corrected chi connectivity index (χ0v) is 12.1. The van der Waals surface area contributed by atoms with Crippen LogP contribution in [0.3, 0.4) is 0 Å². The van der Waals surface area contributed by atoms with E-state index in [1.165, 1.54) is 4.90 Å². The van der Waals surface area contributed by atoms with Gasteiger partial charge in [0, 0.05) is 12.3 Å². The van der Waals surface area contributed by atoms with E-state index < -0.39 is 21.9 Å². The van der Waals surface area contributed by atoms with Gasteiger partial charge in [0.1, 0.15) is 12.1 Å². The maximum Gasteiger partial charge on any atom is 0.245 e. The number of hydrogen-bond donors (Lipinski definition) is 1. The molecule has 6 nitrogen and oxygen atoms in total. The second kappa shape index (κ2) is 5.11. The monoisotopic (exact) mass is 288 g/mol. The van der Waals surface area contributed by atoms with Crippen molar-refractivity contribution in [3.8, 4) is 0 Å². The summed E-state index contributed by atoms with van der Waals surface area (Å²) in [6.45, 7) is 3.33. The fourth-order valence-electron chi connectivity index (χ4n) is 2.40. The summed E-state index contributed by atoms with van der Waals surface area (Å²) >= 11 is 0. The van der Waals surface area contributed by atoms with Gasteiger partial charge >= 0.3 is 0 Å². The smallest absolute Gasteiger partial charge is 0.245 e. The molecule has 2 aliphatic rings. The molecular weight excluding hydrogens is 268 g/mol. The molecule has 0 aromatic carbocycles. The molecule has 0 aromatic rings. The van der Waals surface area contributed by atoms with Crippen LogP contribution in [-0.2, 0) is 19.4 Å². The number of carbonyl (C=O) groups is 2. The van der Waals surface area contributed by atoms with Gasteiger partial charge in [0.15, 0.2) is 9.84 Å². The third-order valence-corrected chi connectivity index (χ3v) is 5.45. The molecule has 2 unspecified atom stereocenters. The first-order chi connectivity index (χ1) is 8.85. The van der Waals surface area contributed by atoms with Crippen LogP contribution in [0.4, 0.5) is 0 Å². The van der Waals surface area contributed by atoms with E-state index in [-0.39, 0.29) is 35.8 Å². The van der Waals surface area contributed by atoms with Crippen LogP contribution in [0.25, 0.3) is 0 Å². The minimum Gasteiger partial charge on any atom is -0.343 e. The van der Waals surface area contributed by atoms with Crippen molar-refractivity contribution in [1.29, 1.82) is 0 Å². The summed E-state index contributed by atoms with van der Waals surface area (Å²) in [6.07, 6.45) is 1.85. The Bertz CT molecular complexity index is 484. The third-order valence-electron chi connectivity index (χ3n) is 3.77. The predicted octanol–water partition coefficient (Wildman–Crippen LogP) is -0.453. The normalized spacial score (nSPS) is 28.4. The van der Waals surface area contributed by atoms with E-state index in [0.29, 0.717) is 0 Å². The van der Waals surface area contributed by atoms with Gasteiger partial charge in [0.25, 0.3) is 0 Å². The molecule has 2 rings (SSSR count). The van der Waals surface area contributed by atoms with Gasteiger partial charge in [-0.2, -0.15) is 0 Å². The molecule has 1 N–H and O–H groups in total. The van der Waals surface area contributed by atoms with Crippen LogP contribution in [0.5, 0.6) is 0 Å². The average molecular weight is 288 g/mol. The van der Waals surface area contributed by atoms with Gasteiger partial charge in [-0.25, -0.2) is 8.42 Å². The molecule has 1 saturated heterocycles. The van der Waals surface area contributed by atoms with Crippen LogP contribution in [0.1, 0.15) is 26.7 Å². The van der Waals surface area contributed by atoms with Crippen molar-refractivity contribution < 1.29 is 18.0 Å². The minimum atomic E-state index is -3.13. The molecule has 1 heterocycles. The molecule has 108 valence electrons. The van der Waals surface area contributed by atoms with E-state index >= 15 is 0 Å². The zero-order valence-electron chi connectivity index (χ0n) is 11.3. The van der Waals surface area contributed by atoms with Crippen molar-refractivity contribution in [2.24, 2.45) is 5.92 Å². The van der Waals surface area contributed by atoms with E-state index in [1.807, 2.05) is 0 Å². The SMILES string of the molecule is CCS(=O)(=O)CCN1C(=O)C(C)NC(=O)C1C1CC1. The first-order valence-corrected chi connectivity index (χ1v) is 8.49. The largest absolute Gasteiger partial charge is 0.343 e. The van der Waals surface area contributed by atoms with Crippen LogP contribution >= 0.6 is 0 Å². The molecule has 7 heteroatoms. The average Bonchev–Trinajstić information content (AvgIpc) is 3.16. The lowest BCUT2D eigenvalue weighted by Gasteiger charge is -2.38. The summed E-state index contributed by atoms with van der Waals surface area (Å²) in [5.74, 6) is -0.143. The van der Waals surface area contributed by atoms with E-state index in [9.17, 15) is 18.0 Å². The lowest BCUT2D eigenvalue weighted by atomic mass is 10.0. The van der Waals surface area contributed by atoms with Crippen LogP contribution in [0.15, 0.2) is 0 Å². The van der Waals surface area contributed by atoms with E-state index in [0.717, 1.165) is 12.8 Å². The number of nitrogens with zero attached hydrogens (tertiary/aromatic N) is 1. The molecule has 2 fully saturated rings. The Kier molecular flexibility index (Phi) is 3.85. The lowest BCUT2D eigenvalue weighted by Crippen LogP contribution is -2.63. The highest BCUT2D eigenvalue weighted by molar-refractivity contribution is 7.91. The molecule has 0 bridgehead atoms. The fraction of sp³-hybridized carbons (Fsp3) is 0.833. The highest BCUT2D eigenvalue weighted by Crippen LogP contribution is 2.36. The van der Waals surface area contributed by atoms with E-state index in [2.05, 4.69) is 5.32 Å². The number of nitrogens with one attached hydrogen (secondary N) is 1. The molecule has 1 saturated carbocycles. The lowest BCUT2D eigenvalue weighted by molar-refractivity contribution is -0.149. The summed E-state index contributed by atoms with van der Waals surface area (Å²) in [5.41, 5.74) is 0. The Hall–Kier alpha value is -1.11. The number of sulfone groups is 1. The quantitative estimate of drug-likeness (QED) is 0.742. The van der Waals surface area contributed by atoms with Gasteiger partial charge in [-0.3, -0.25) is 9.59 Å². The summed E-state index contributed by atoms with van der Waals surface area (Å²) < 4.78 is 23.1. The molecule has 1 aliphatic heterocycles. The standard InChI is InChI=1S/C12H20N2O4S/c1-3-19(17,18)7-6-14-10(9-4-5-9)11(15)13-8(2)12(14)16/h8-10H,3-7H2,1-2H3,(H,13,15). The Labute approximate surface area is 113 Å². The van der Waals surface area contributed by atoms with Crippen LogP contribution < -0.4 is 5.32 Å². The fourth-order valence-corrected chi connectivity index (χ4v) is 3.16. The van der Waals surface area contributed by atoms with Crippen LogP contribution in [-0.4, -0.2) is 55.3 Å². The molecule has 0 radical (unpaired) electrons. The summed E-state index contributed by atoms with van der Waals surface area (Å²) in [5, 5.41) is 2.66. The zero-order chi connectivity index (χ0) is 14.2. The summed E-state index contributed by atoms with van der Waals surface area (Å²) in [7, 11) is -3.13. The molecule has 1 aliphatic carbocycles. The van der Waals surface area contributed by atoms with E-state index in [1.54, 1.807) is 13.8 Å². The van der Waals surface area contributed by atoms with Crippen molar-refractivity contribution in [2.75, 3.05) is 18.1 Å². The Morgan fingerprint density at radius 1 is 1.32 bits per heavy atom. The third kappa shape index (κ3) is 3.08. The Morgan fingerprint density at radius 2 is 1.95 bits per heavy atom. The van der Waals surface area contributed by atoms with E-state index in [4.69, 9.17) is 0 Å². The van der Waals surface area contributed by atoms with Gasteiger partial charge in [0.2, 0.25) is 11.8 Å². The predicted molar refractivity (Wildman–Crippen MR) is 70.2 cm³/mol. The number of carbonyl (C=O) groups excluding carboxylic acids is 2. The molecular formula is C12H20N2O4S. The van der Waals surface area contributed by atoms with Crippen molar-refractivity contribution in [2.45, 2.75) is 38.8 Å². The molecule has 0 spiro atoms. The summed E-state index contributed by atoms with van der Waals surface area (Å²) in [4.78, 5) is 25.6. The van der Waals surface area contributed by atoms with Gasteiger partial charge in [-0.05, 0) is 25.7 Å². The van der Waals surface area contributed by atoms with Crippen molar-refractivity contribution in [1.82, 2.24) is 10.2 Å². The number of hydrogen-bond acceptors (Lipinski definition) is 4. The highest BCUT2D eigenvalue weighted by Gasteiger charge is 2.46. The Balaban J connectivity index is 2.12. The maximum absolute atomic E-state index is 12.1. The Morgan fingerprint density at radius 3 is 2.47 bits per heavy atom. The number of amides is 2. The first-order valence-electron chi connectivity index (χ1n) is 6.67. The second-order valence-electron chi connectivity index (χ2n) is 5.28. The molecule has 19 heavy (non-hydrogen) atoms. The topological polar surface area (TPSA) is 83.6 Å².